The summed E-state index contributed by atoms with van der Waals surface area (Å²) in [5.74, 6) is 0.325. The first-order valence-corrected chi connectivity index (χ1v) is 4.80. The van der Waals surface area contributed by atoms with E-state index in [2.05, 4.69) is 5.32 Å². The lowest BCUT2D eigenvalue weighted by molar-refractivity contribution is 0.230. The van der Waals surface area contributed by atoms with Crippen LogP contribution in [0.15, 0.2) is 18.2 Å². The standard InChI is InChI=1S/C10H12ClNO/c11-9-1-2-10-8(4-9)3-7(6-13)5-12-10/h1-2,4,7,12-13H,3,5-6H2. The van der Waals surface area contributed by atoms with Crippen LogP contribution >= 0.6 is 11.6 Å². The Bertz CT molecular complexity index is 314. The molecule has 0 radical (unpaired) electrons. The molecule has 0 amide bonds. The highest BCUT2D eigenvalue weighted by molar-refractivity contribution is 6.30. The minimum absolute atomic E-state index is 0.235. The first-order chi connectivity index (χ1) is 6.29. The quantitative estimate of drug-likeness (QED) is 0.721. The second-order valence-corrected chi connectivity index (χ2v) is 3.87. The van der Waals surface area contributed by atoms with Crippen molar-refractivity contribution in [3.8, 4) is 0 Å². The summed E-state index contributed by atoms with van der Waals surface area (Å²) in [4.78, 5) is 0. The van der Waals surface area contributed by atoms with Crippen LogP contribution in [0.1, 0.15) is 5.56 Å². The fourth-order valence-corrected chi connectivity index (χ4v) is 1.86. The zero-order chi connectivity index (χ0) is 9.26. The van der Waals surface area contributed by atoms with Gasteiger partial charge in [-0.05, 0) is 30.2 Å². The Balaban J connectivity index is 2.27. The molecule has 13 heavy (non-hydrogen) atoms. The van der Waals surface area contributed by atoms with E-state index in [1.165, 1.54) is 5.56 Å². The number of aliphatic hydroxyl groups is 1. The van der Waals surface area contributed by atoms with Crippen molar-refractivity contribution < 1.29 is 5.11 Å². The van der Waals surface area contributed by atoms with Gasteiger partial charge in [-0.3, -0.25) is 0 Å². The van der Waals surface area contributed by atoms with Crippen molar-refractivity contribution in [3.63, 3.8) is 0 Å². The zero-order valence-corrected chi connectivity index (χ0v) is 8.01. The molecule has 1 unspecified atom stereocenters. The van der Waals surface area contributed by atoms with Crippen LogP contribution in [0.4, 0.5) is 5.69 Å². The predicted molar refractivity (Wildman–Crippen MR) is 54.2 cm³/mol. The summed E-state index contributed by atoms with van der Waals surface area (Å²) in [6.07, 6.45) is 0.916. The Labute approximate surface area is 82.5 Å². The molecule has 0 bridgehead atoms. The lowest BCUT2D eigenvalue weighted by atomic mass is 9.95. The molecular weight excluding hydrogens is 186 g/mol. The number of fused-ring (bicyclic) bond motifs is 1. The Hall–Kier alpha value is -0.730. The molecule has 0 saturated carbocycles. The minimum atomic E-state index is 0.235. The summed E-state index contributed by atoms with van der Waals surface area (Å²) in [6, 6.07) is 5.84. The molecule has 1 aromatic carbocycles. The highest BCUT2D eigenvalue weighted by atomic mass is 35.5. The molecule has 1 aliphatic heterocycles. The van der Waals surface area contributed by atoms with Gasteiger partial charge in [0.2, 0.25) is 0 Å². The molecule has 0 fully saturated rings. The first kappa shape index (κ1) is 8.85. The monoisotopic (exact) mass is 197 g/mol. The predicted octanol–water partition coefficient (Wildman–Crippen LogP) is 1.92. The number of nitrogens with one attached hydrogen (secondary N) is 1. The molecule has 2 nitrogen and oxygen atoms in total. The number of halogens is 1. The van der Waals surface area contributed by atoms with E-state index in [1.807, 2.05) is 18.2 Å². The Kier molecular flexibility index (Phi) is 2.42. The third-order valence-corrected chi connectivity index (χ3v) is 2.65. The van der Waals surface area contributed by atoms with Crippen LogP contribution in [-0.2, 0) is 6.42 Å². The average Bonchev–Trinajstić information content (AvgIpc) is 2.16. The number of rotatable bonds is 1. The summed E-state index contributed by atoms with van der Waals surface area (Å²) < 4.78 is 0. The molecule has 0 saturated heterocycles. The van der Waals surface area contributed by atoms with Gasteiger partial charge in [-0.15, -0.1) is 0 Å². The van der Waals surface area contributed by atoms with Gasteiger partial charge in [0.25, 0.3) is 0 Å². The lowest BCUT2D eigenvalue weighted by Gasteiger charge is -2.24. The van der Waals surface area contributed by atoms with Crippen LogP contribution in [0.2, 0.25) is 5.02 Å². The van der Waals surface area contributed by atoms with Crippen molar-refractivity contribution in [2.45, 2.75) is 6.42 Å². The topological polar surface area (TPSA) is 32.3 Å². The highest BCUT2D eigenvalue weighted by Gasteiger charge is 2.16. The SMILES string of the molecule is OCC1CNc2ccc(Cl)cc2C1. The van der Waals surface area contributed by atoms with Gasteiger partial charge in [0.1, 0.15) is 0 Å². The van der Waals surface area contributed by atoms with Crippen molar-refractivity contribution in [1.82, 2.24) is 0 Å². The van der Waals surface area contributed by atoms with Gasteiger partial charge in [0, 0.05) is 29.8 Å². The largest absolute Gasteiger partial charge is 0.396 e. The average molecular weight is 198 g/mol. The fourth-order valence-electron chi connectivity index (χ4n) is 1.67. The molecule has 1 heterocycles. The minimum Gasteiger partial charge on any atom is -0.396 e. The molecule has 70 valence electrons. The normalized spacial score (nSPS) is 20.6. The number of hydrogen-bond donors (Lipinski definition) is 2. The maximum atomic E-state index is 9.01. The lowest BCUT2D eigenvalue weighted by Crippen LogP contribution is -2.25. The van der Waals surface area contributed by atoms with Crippen LogP contribution in [0.25, 0.3) is 0 Å². The van der Waals surface area contributed by atoms with Crippen molar-refractivity contribution in [3.05, 3.63) is 28.8 Å². The van der Waals surface area contributed by atoms with E-state index in [4.69, 9.17) is 16.7 Å². The van der Waals surface area contributed by atoms with Gasteiger partial charge < -0.3 is 10.4 Å². The molecule has 1 aromatic rings. The van der Waals surface area contributed by atoms with Crippen LogP contribution in [0.3, 0.4) is 0 Å². The van der Waals surface area contributed by atoms with Crippen molar-refractivity contribution >= 4 is 17.3 Å². The van der Waals surface area contributed by atoms with E-state index in [9.17, 15) is 0 Å². The number of hydrogen-bond acceptors (Lipinski definition) is 2. The molecule has 0 aliphatic carbocycles. The molecule has 3 heteroatoms. The summed E-state index contributed by atoms with van der Waals surface area (Å²) in [6.45, 7) is 1.09. The van der Waals surface area contributed by atoms with E-state index in [0.717, 1.165) is 23.7 Å². The maximum absolute atomic E-state index is 9.01. The smallest absolute Gasteiger partial charge is 0.0479 e. The molecule has 1 aliphatic rings. The molecular formula is C10H12ClNO. The summed E-state index contributed by atoms with van der Waals surface area (Å²) in [5.41, 5.74) is 2.35. The first-order valence-electron chi connectivity index (χ1n) is 4.43. The van der Waals surface area contributed by atoms with Gasteiger partial charge in [-0.1, -0.05) is 11.6 Å². The summed E-state index contributed by atoms with van der Waals surface area (Å²) in [7, 11) is 0. The van der Waals surface area contributed by atoms with Gasteiger partial charge in [0.15, 0.2) is 0 Å². The Morgan fingerprint density at radius 2 is 2.38 bits per heavy atom. The highest BCUT2D eigenvalue weighted by Crippen LogP contribution is 2.27. The fraction of sp³-hybridized carbons (Fsp3) is 0.400. The second kappa shape index (κ2) is 3.56. The van der Waals surface area contributed by atoms with E-state index in [1.54, 1.807) is 0 Å². The van der Waals surface area contributed by atoms with Crippen molar-refractivity contribution in [1.29, 1.82) is 0 Å². The van der Waals surface area contributed by atoms with E-state index in [0.29, 0.717) is 5.92 Å². The second-order valence-electron chi connectivity index (χ2n) is 3.44. The Morgan fingerprint density at radius 1 is 1.54 bits per heavy atom. The van der Waals surface area contributed by atoms with Crippen LogP contribution in [0.5, 0.6) is 0 Å². The maximum Gasteiger partial charge on any atom is 0.0479 e. The van der Waals surface area contributed by atoms with Gasteiger partial charge in [0.05, 0.1) is 0 Å². The number of benzene rings is 1. The zero-order valence-electron chi connectivity index (χ0n) is 7.26. The van der Waals surface area contributed by atoms with Crippen LogP contribution in [0, 0.1) is 5.92 Å². The summed E-state index contributed by atoms with van der Waals surface area (Å²) >= 11 is 5.88. The Morgan fingerprint density at radius 3 is 3.15 bits per heavy atom. The molecule has 2 N–H and O–H groups in total. The van der Waals surface area contributed by atoms with Crippen LogP contribution in [-0.4, -0.2) is 18.3 Å². The van der Waals surface area contributed by atoms with Crippen molar-refractivity contribution in [2.75, 3.05) is 18.5 Å². The van der Waals surface area contributed by atoms with Gasteiger partial charge in [-0.2, -0.15) is 0 Å². The van der Waals surface area contributed by atoms with E-state index in [-0.39, 0.29) is 6.61 Å². The third-order valence-electron chi connectivity index (χ3n) is 2.42. The molecule has 2 rings (SSSR count). The van der Waals surface area contributed by atoms with Gasteiger partial charge in [-0.25, -0.2) is 0 Å². The molecule has 0 spiro atoms. The molecule has 0 aromatic heterocycles. The van der Waals surface area contributed by atoms with Gasteiger partial charge >= 0.3 is 0 Å². The van der Waals surface area contributed by atoms with Crippen LogP contribution < -0.4 is 5.32 Å². The number of aliphatic hydroxyl groups excluding tert-OH is 1. The van der Waals surface area contributed by atoms with E-state index >= 15 is 0 Å². The third kappa shape index (κ3) is 1.79. The number of anilines is 1. The van der Waals surface area contributed by atoms with Crippen molar-refractivity contribution in [2.24, 2.45) is 5.92 Å². The summed E-state index contributed by atoms with van der Waals surface area (Å²) in [5, 5.41) is 13.0. The van der Waals surface area contributed by atoms with E-state index < -0.39 is 0 Å². The molecule has 1 atom stereocenters.